The number of ether oxygens (including phenoxy) is 1. The Hall–Kier alpha value is -1.22. The summed E-state index contributed by atoms with van der Waals surface area (Å²) in [5, 5.41) is 0. The highest BCUT2D eigenvalue weighted by Crippen LogP contribution is 2.26. The van der Waals surface area contributed by atoms with Crippen molar-refractivity contribution in [2.45, 2.75) is 31.8 Å². The fraction of sp³-hybridized carbons (Fsp3) is 0.688. The Kier molecular flexibility index (Phi) is 5.39. The molecule has 2 saturated heterocycles. The summed E-state index contributed by atoms with van der Waals surface area (Å²) >= 11 is 0. The molecule has 8 heteroatoms. The van der Waals surface area contributed by atoms with E-state index in [0.717, 1.165) is 31.2 Å². The average Bonchev–Trinajstić information content (AvgIpc) is 3.06. The van der Waals surface area contributed by atoms with E-state index in [2.05, 4.69) is 4.98 Å². The summed E-state index contributed by atoms with van der Waals surface area (Å²) in [5.74, 6) is 0.294. The van der Waals surface area contributed by atoms with Crippen LogP contribution in [0.2, 0.25) is 0 Å². The molecule has 134 valence electrons. The lowest BCUT2D eigenvalue weighted by Gasteiger charge is -2.33. The lowest BCUT2D eigenvalue weighted by Crippen LogP contribution is -2.47. The van der Waals surface area contributed by atoms with Gasteiger partial charge in [0.1, 0.15) is 0 Å². The van der Waals surface area contributed by atoms with Crippen LogP contribution in [-0.4, -0.2) is 61.4 Å². The summed E-state index contributed by atoms with van der Waals surface area (Å²) in [6.45, 7) is 2.18. The Labute approximate surface area is 142 Å². The fourth-order valence-corrected chi connectivity index (χ4v) is 5.27. The van der Waals surface area contributed by atoms with Gasteiger partial charge in [-0.05, 0) is 37.2 Å². The summed E-state index contributed by atoms with van der Waals surface area (Å²) in [6.07, 6.45) is 5.04. The van der Waals surface area contributed by atoms with Crippen molar-refractivity contribution in [3.8, 4) is 0 Å². The minimum atomic E-state index is -3.37. The molecule has 3 heterocycles. The maximum absolute atomic E-state index is 12.8. The Morgan fingerprint density at radius 1 is 1.17 bits per heavy atom. The van der Waals surface area contributed by atoms with Crippen molar-refractivity contribution < 1.29 is 13.2 Å². The van der Waals surface area contributed by atoms with Crippen molar-refractivity contribution in [1.29, 1.82) is 0 Å². The second-order valence-electron chi connectivity index (χ2n) is 6.62. The highest BCUT2D eigenvalue weighted by molar-refractivity contribution is 7.86. The summed E-state index contributed by atoms with van der Waals surface area (Å²) in [6, 6.07) is 3.32. The van der Waals surface area contributed by atoms with E-state index in [-0.39, 0.29) is 11.7 Å². The predicted octanol–water partition coefficient (Wildman–Crippen LogP) is 0.595. The van der Waals surface area contributed by atoms with E-state index in [1.807, 2.05) is 6.07 Å². The van der Waals surface area contributed by atoms with Crippen molar-refractivity contribution in [2.75, 3.05) is 33.3 Å². The molecule has 1 atom stereocenters. The molecule has 1 aromatic rings. The van der Waals surface area contributed by atoms with Gasteiger partial charge in [-0.15, -0.1) is 0 Å². The number of aromatic amines is 1. The normalized spacial score (nSPS) is 24.5. The summed E-state index contributed by atoms with van der Waals surface area (Å²) < 4.78 is 34.1. The molecule has 0 aliphatic carbocycles. The number of H-pyrrole nitrogens is 1. The fourth-order valence-electron chi connectivity index (χ4n) is 3.54. The van der Waals surface area contributed by atoms with Gasteiger partial charge in [0, 0.05) is 45.6 Å². The Bertz CT molecular complexity index is 690. The summed E-state index contributed by atoms with van der Waals surface area (Å²) in [7, 11) is -1.69. The number of aromatic nitrogens is 1. The number of methoxy groups -OCH3 is 1. The first-order chi connectivity index (χ1) is 11.5. The van der Waals surface area contributed by atoms with Crippen molar-refractivity contribution in [3.05, 3.63) is 34.2 Å². The highest BCUT2D eigenvalue weighted by atomic mass is 32.2. The highest BCUT2D eigenvalue weighted by Gasteiger charge is 2.37. The number of nitrogens with one attached hydrogen (secondary N) is 1. The van der Waals surface area contributed by atoms with Crippen LogP contribution in [0.5, 0.6) is 0 Å². The van der Waals surface area contributed by atoms with Crippen LogP contribution in [0, 0.1) is 5.92 Å². The molecule has 1 unspecified atom stereocenters. The maximum Gasteiger partial charge on any atom is 0.281 e. The van der Waals surface area contributed by atoms with Crippen LogP contribution in [0.4, 0.5) is 0 Å². The number of rotatable bonds is 5. The molecule has 0 spiro atoms. The van der Waals surface area contributed by atoms with Crippen LogP contribution < -0.4 is 5.56 Å². The molecule has 0 aromatic carbocycles. The number of pyridine rings is 1. The van der Waals surface area contributed by atoms with Crippen LogP contribution in [0.1, 0.15) is 24.8 Å². The van der Waals surface area contributed by atoms with Crippen molar-refractivity contribution in [1.82, 2.24) is 13.6 Å². The molecule has 1 aromatic heterocycles. The first-order valence-corrected chi connectivity index (χ1v) is 9.84. The molecule has 2 aliphatic heterocycles. The van der Waals surface area contributed by atoms with Crippen LogP contribution >= 0.6 is 0 Å². The SMILES string of the molecule is COC1CCN(S(=O)(=O)N2CCC(Cc3ccc(=O)[nH]c3)C2)CC1. The molecule has 7 nitrogen and oxygen atoms in total. The third kappa shape index (κ3) is 3.88. The van der Waals surface area contributed by atoms with Crippen LogP contribution in [0.25, 0.3) is 0 Å². The molecular formula is C16H25N3O4S. The quantitative estimate of drug-likeness (QED) is 0.838. The zero-order valence-electron chi connectivity index (χ0n) is 14.0. The van der Waals surface area contributed by atoms with E-state index < -0.39 is 10.2 Å². The van der Waals surface area contributed by atoms with Gasteiger partial charge in [-0.3, -0.25) is 4.79 Å². The average molecular weight is 355 g/mol. The number of hydrogen-bond acceptors (Lipinski definition) is 4. The van der Waals surface area contributed by atoms with Gasteiger partial charge in [-0.1, -0.05) is 6.07 Å². The van der Waals surface area contributed by atoms with E-state index in [0.29, 0.717) is 32.1 Å². The molecule has 2 aliphatic rings. The predicted molar refractivity (Wildman–Crippen MR) is 91.0 cm³/mol. The van der Waals surface area contributed by atoms with Crippen molar-refractivity contribution in [2.24, 2.45) is 5.92 Å². The number of piperidine rings is 1. The van der Waals surface area contributed by atoms with E-state index in [4.69, 9.17) is 4.74 Å². The first-order valence-electron chi connectivity index (χ1n) is 8.44. The van der Waals surface area contributed by atoms with Crippen molar-refractivity contribution >= 4 is 10.2 Å². The Morgan fingerprint density at radius 3 is 2.50 bits per heavy atom. The maximum atomic E-state index is 12.8. The first kappa shape index (κ1) is 17.6. The Balaban J connectivity index is 1.58. The zero-order valence-corrected chi connectivity index (χ0v) is 14.8. The van der Waals surface area contributed by atoms with E-state index in [1.165, 1.54) is 6.07 Å². The lowest BCUT2D eigenvalue weighted by atomic mass is 10.0. The van der Waals surface area contributed by atoms with Gasteiger partial charge < -0.3 is 9.72 Å². The molecular weight excluding hydrogens is 330 g/mol. The van der Waals surface area contributed by atoms with Gasteiger partial charge in [0.15, 0.2) is 0 Å². The van der Waals surface area contributed by atoms with Crippen molar-refractivity contribution in [3.63, 3.8) is 0 Å². The summed E-state index contributed by atoms with van der Waals surface area (Å²) in [5.41, 5.74) is 0.925. The van der Waals surface area contributed by atoms with Gasteiger partial charge in [0.2, 0.25) is 5.56 Å². The minimum Gasteiger partial charge on any atom is -0.381 e. The topological polar surface area (TPSA) is 82.7 Å². The molecule has 24 heavy (non-hydrogen) atoms. The van der Waals surface area contributed by atoms with Crippen LogP contribution in [-0.2, 0) is 21.4 Å². The molecule has 1 N–H and O–H groups in total. The molecule has 0 radical (unpaired) electrons. The summed E-state index contributed by atoms with van der Waals surface area (Å²) in [4.78, 5) is 13.8. The van der Waals surface area contributed by atoms with E-state index in [1.54, 1.807) is 21.9 Å². The third-order valence-corrected chi connectivity index (χ3v) is 7.01. The largest absolute Gasteiger partial charge is 0.381 e. The molecule has 0 bridgehead atoms. The van der Waals surface area contributed by atoms with Gasteiger partial charge in [0.05, 0.1) is 6.10 Å². The van der Waals surface area contributed by atoms with E-state index in [9.17, 15) is 13.2 Å². The van der Waals surface area contributed by atoms with Gasteiger partial charge >= 0.3 is 0 Å². The van der Waals surface area contributed by atoms with E-state index >= 15 is 0 Å². The van der Waals surface area contributed by atoms with Crippen LogP contribution in [0.15, 0.2) is 23.1 Å². The number of hydrogen-bond donors (Lipinski definition) is 1. The zero-order chi connectivity index (χ0) is 17.2. The monoisotopic (exact) mass is 355 g/mol. The second kappa shape index (κ2) is 7.35. The third-order valence-electron chi connectivity index (χ3n) is 5.01. The standard InChI is InChI=1S/C16H25N3O4S/c1-23-15-5-8-18(9-6-15)24(21,22)19-7-4-14(12-19)10-13-2-3-16(20)17-11-13/h2-3,11,14-15H,4-10,12H2,1H3,(H,17,20). The lowest BCUT2D eigenvalue weighted by molar-refractivity contribution is 0.0592. The molecule has 0 saturated carbocycles. The Morgan fingerprint density at radius 2 is 1.88 bits per heavy atom. The smallest absolute Gasteiger partial charge is 0.281 e. The van der Waals surface area contributed by atoms with Crippen LogP contribution in [0.3, 0.4) is 0 Å². The molecule has 0 amide bonds. The van der Waals surface area contributed by atoms with Gasteiger partial charge in [0.25, 0.3) is 10.2 Å². The van der Waals surface area contributed by atoms with Gasteiger partial charge in [-0.2, -0.15) is 17.0 Å². The minimum absolute atomic E-state index is 0.117. The second-order valence-corrected chi connectivity index (χ2v) is 8.55. The number of nitrogens with zero attached hydrogens (tertiary/aromatic N) is 2. The molecule has 2 fully saturated rings. The van der Waals surface area contributed by atoms with Gasteiger partial charge in [-0.25, -0.2) is 0 Å². The molecule has 3 rings (SSSR count).